The molecule has 0 radical (unpaired) electrons. The maximum atomic E-state index is 13.5. The minimum atomic E-state index is 0.0486. The highest BCUT2D eigenvalue weighted by Gasteiger charge is 2.24. The number of carbonyl (C=O) groups is 1. The summed E-state index contributed by atoms with van der Waals surface area (Å²) in [6.07, 6.45) is 10.3. The molecule has 0 spiro atoms. The van der Waals surface area contributed by atoms with E-state index < -0.39 is 0 Å². The van der Waals surface area contributed by atoms with Crippen molar-refractivity contribution in [3.63, 3.8) is 0 Å². The molecule has 1 aliphatic heterocycles. The van der Waals surface area contributed by atoms with Gasteiger partial charge in [-0.1, -0.05) is 12.1 Å². The second-order valence-corrected chi connectivity index (χ2v) is 8.87. The largest absolute Gasteiger partial charge is 0.381 e. The van der Waals surface area contributed by atoms with Gasteiger partial charge < -0.3 is 19.4 Å². The Morgan fingerprint density at radius 3 is 2.88 bits per heavy atom. The number of ether oxygens (including phenoxy) is 1. The van der Waals surface area contributed by atoms with E-state index in [0.29, 0.717) is 38.4 Å². The van der Waals surface area contributed by atoms with E-state index in [0.717, 1.165) is 28.9 Å². The van der Waals surface area contributed by atoms with Gasteiger partial charge in [-0.15, -0.1) is 0 Å². The third-order valence-corrected chi connectivity index (χ3v) is 6.32. The summed E-state index contributed by atoms with van der Waals surface area (Å²) < 4.78 is 7.90. The number of imidazole rings is 1. The molecular weight excluding hydrogens is 426 g/mol. The molecule has 5 rings (SSSR count). The highest BCUT2D eigenvalue weighted by molar-refractivity contribution is 5.95. The SMILES string of the molecule is Cc1ccc(C(=O)N2CCOC[C@H](Cc3ccc4nccn4c3)C2)cc1NCc1ccncc1. The van der Waals surface area contributed by atoms with Crippen molar-refractivity contribution in [3.05, 3.63) is 95.7 Å². The molecule has 4 heterocycles. The number of anilines is 1. The van der Waals surface area contributed by atoms with Crippen molar-refractivity contribution in [1.29, 1.82) is 0 Å². The highest BCUT2D eigenvalue weighted by atomic mass is 16.5. The van der Waals surface area contributed by atoms with Gasteiger partial charge in [-0.2, -0.15) is 0 Å². The molecule has 7 nitrogen and oxygen atoms in total. The number of aromatic nitrogens is 3. The number of amides is 1. The Labute approximate surface area is 199 Å². The zero-order valence-electron chi connectivity index (χ0n) is 19.4. The molecule has 4 aromatic rings. The first-order valence-electron chi connectivity index (χ1n) is 11.7. The van der Waals surface area contributed by atoms with Crippen molar-refractivity contribution < 1.29 is 9.53 Å². The van der Waals surface area contributed by atoms with E-state index in [9.17, 15) is 4.79 Å². The van der Waals surface area contributed by atoms with E-state index in [1.54, 1.807) is 18.6 Å². The van der Waals surface area contributed by atoms with Crippen LogP contribution in [0.25, 0.3) is 5.65 Å². The Hall–Kier alpha value is -3.71. The van der Waals surface area contributed by atoms with E-state index in [-0.39, 0.29) is 11.8 Å². The molecule has 1 N–H and O–H groups in total. The van der Waals surface area contributed by atoms with E-state index in [1.807, 2.05) is 51.9 Å². The number of rotatable bonds is 6. The predicted molar refractivity (Wildman–Crippen MR) is 132 cm³/mol. The summed E-state index contributed by atoms with van der Waals surface area (Å²) in [6.45, 7) is 5.22. The van der Waals surface area contributed by atoms with E-state index >= 15 is 0 Å². The molecule has 0 unspecified atom stereocenters. The van der Waals surface area contributed by atoms with Crippen molar-refractivity contribution in [2.75, 3.05) is 31.6 Å². The number of carbonyl (C=O) groups excluding carboxylic acids is 1. The third kappa shape index (κ3) is 5.10. The molecule has 1 aliphatic rings. The number of nitrogens with zero attached hydrogens (tertiary/aromatic N) is 4. The van der Waals surface area contributed by atoms with Crippen molar-refractivity contribution in [2.24, 2.45) is 5.92 Å². The normalized spacial score (nSPS) is 16.4. The van der Waals surface area contributed by atoms with Gasteiger partial charge in [-0.05, 0) is 60.4 Å². The van der Waals surface area contributed by atoms with Gasteiger partial charge in [0, 0.05) is 67.8 Å². The quantitative estimate of drug-likeness (QED) is 0.476. The molecule has 1 atom stereocenters. The molecule has 7 heteroatoms. The second kappa shape index (κ2) is 10.1. The van der Waals surface area contributed by atoms with Crippen LogP contribution in [0.1, 0.15) is 27.0 Å². The zero-order valence-corrected chi connectivity index (χ0v) is 19.4. The fourth-order valence-electron chi connectivity index (χ4n) is 4.43. The van der Waals surface area contributed by atoms with Gasteiger partial charge in [0.05, 0.1) is 13.2 Å². The van der Waals surface area contributed by atoms with E-state index in [4.69, 9.17) is 4.74 Å². The molecule has 3 aromatic heterocycles. The van der Waals surface area contributed by atoms with Crippen LogP contribution in [-0.4, -0.2) is 51.5 Å². The monoisotopic (exact) mass is 455 g/mol. The standard InChI is InChI=1S/C27H29N5O2/c1-20-2-4-24(15-25(20)30-16-21-6-8-28-9-7-21)27(33)32-12-13-34-19-23(18-32)14-22-3-5-26-29-10-11-31(26)17-22/h2-11,15,17,23,30H,12-14,16,18-19H2,1H3/t23-/m1/s1. The van der Waals surface area contributed by atoms with Gasteiger partial charge in [0.2, 0.25) is 0 Å². The van der Waals surface area contributed by atoms with Crippen LogP contribution in [0, 0.1) is 12.8 Å². The van der Waals surface area contributed by atoms with Gasteiger partial charge in [0.25, 0.3) is 5.91 Å². The number of benzene rings is 1. The molecule has 1 aromatic carbocycles. The van der Waals surface area contributed by atoms with Crippen molar-refractivity contribution in [3.8, 4) is 0 Å². The smallest absolute Gasteiger partial charge is 0.254 e. The van der Waals surface area contributed by atoms with Crippen LogP contribution in [0.5, 0.6) is 0 Å². The van der Waals surface area contributed by atoms with Gasteiger partial charge in [0.1, 0.15) is 5.65 Å². The number of aryl methyl sites for hydroxylation is 1. The second-order valence-electron chi connectivity index (χ2n) is 8.87. The topological polar surface area (TPSA) is 71.8 Å². The van der Waals surface area contributed by atoms with Crippen LogP contribution in [0.3, 0.4) is 0 Å². The van der Waals surface area contributed by atoms with Crippen LogP contribution in [-0.2, 0) is 17.7 Å². The highest BCUT2D eigenvalue weighted by Crippen LogP contribution is 2.21. The van der Waals surface area contributed by atoms with E-state index in [2.05, 4.69) is 34.5 Å². The van der Waals surface area contributed by atoms with Crippen LogP contribution in [0.2, 0.25) is 0 Å². The Kier molecular flexibility index (Phi) is 6.53. The summed E-state index contributed by atoms with van der Waals surface area (Å²) in [5, 5.41) is 3.46. The Morgan fingerprint density at radius 1 is 1.12 bits per heavy atom. The lowest BCUT2D eigenvalue weighted by atomic mass is 10.00. The molecule has 34 heavy (non-hydrogen) atoms. The van der Waals surface area contributed by atoms with Crippen LogP contribution in [0.4, 0.5) is 5.69 Å². The van der Waals surface area contributed by atoms with Crippen LogP contribution < -0.4 is 5.32 Å². The molecule has 0 saturated carbocycles. The Morgan fingerprint density at radius 2 is 2.00 bits per heavy atom. The fraction of sp³-hybridized carbons (Fsp3) is 0.296. The summed E-state index contributed by atoms with van der Waals surface area (Å²) >= 11 is 0. The lowest BCUT2D eigenvalue weighted by molar-refractivity contribution is 0.0737. The van der Waals surface area contributed by atoms with Gasteiger partial charge in [-0.3, -0.25) is 9.78 Å². The average Bonchev–Trinajstić information content (AvgIpc) is 3.21. The molecule has 0 bridgehead atoms. The first-order valence-corrected chi connectivity index (χ1v) is 11.7. The molecule has 0 aliphatic carbocycles. The number of hydrogen-bond acceptors (Lipinski definition) is 5. The number of hydrogen-bond donors (Lipinski definition) is 1. The van der Waals surface area contributed by atoms with Gasteiger partial charge in [-0.25, -0.2) is 4.98 Å². The molecule has 174 valence electrons. The van der Waals surface area contributed by atoms with Crippen molar-refractivity contribution in [2.45, 2.75) is 19.9 Å². The minimum Gasteiger partial charge on any atom is -0.381 e. The first-order chi connectivity index (χ1) is 16.7. The third-order valence-electron chi connectivity index (χ3n) is 6.32. The van der Waals surface area contributed by atoms with E-state index in [1.165, 1.54) is 5.56 Å². The summed E-state index contributed by atoms with van der Waals surface area (Å²) in [5.74, 6) is 0.287. The first kappa shape index (κ1) is 22.1. The predicted octanol–water partition coefficient (Wildman–Crippen LogP) is 3.98. The lowest BCUT2D eigenvalue weighted by Crippen LogP contribution is -2.36. The molecule has 1 fully saturated rings. The summed E-state index contributed by atoms with van der Waals surface area (Å²) in [4.78, 5) is 23.8. The minimum absolute atomic E-state index is 0.0486. The molecule has 1 amide bonds. The van der Waals surface area contributed by atoms with Crippen LogP contribution in [0.15, 0.2) is 73.4 Å². The van der Waals surface area contributed by atoms with Crippen molar-refractivity contribution in [1.82, 2.24) is 19.3 Å². The van der Waals surface area contributed by atoms with Gasteiger partial charge >= 0.3 is 0 Å². The average molecular weight is 456 g/mol. The fourth-order valence-corrected chi connectivity index (χ4v) is 4.43. The lowest BCUT2D eigenvalue weighted by Gasteiger charge is -2.24. The Bertz CT molecular complexity index is 1270. The number of nitrogens with one attached hydrogen (secondary N) is 1. The Balaban J connectivity index is 1.27. The molecule has 1 saturated heterocycles. The maximum Gasteiger partial charge on any atom is 0.254 e. The number of pyridine rings is 2. The van der Waals surface area contributed by atoms with Crippen LogP contribution >= 0.6 is 0 Å². The van der Waals surface area contributed by atoms with Gasteiger partial charge in [0.15, 0.2) is 0 Å². The summed E-state index contributed by atoms with van der Waals surface area (Å²) in [7, 11) is 0. The summed E-state index contributed by atoms with van der Waals surface area (Å²) in [6, 6.07) is 14.0. The van der Waals surface area contributed by atoms with Crippen molar-refractivity contribution >= 4 is 17.2 Å². The molecular formula is C27H29N5O2. The maximum absolute atomic E-state index is 13.5. The zero-order chi connectivity index (χ0) is 23.3. The number of fused-ring (bicyclic) bond motifs is 1. The summed E-state index contributed by atoms with van der Waals surface area (Å²) in [5.41, 5.74) is 6.07.